The molecule has 0 unspecified atom stereocenters. The summed E-state index contributed by atoms with van der Waals surface area (Å²) in [6, 6.07) is -0.406. The number of fused-ring (bicyclic) bond motifs is 5. The van der Waals surface area contributed by atoms with Crippen LogP contribution in [0.15, 0.2) is 23.8 Å². The van der Waals surface area contributed by atoms with E-state index in [0.717, 1.165) is 32.1 Å². The molecular formula is C30H39Cl2FO6. The van der Waals surface area contributed by atoms with Gasteiger partial charge in [0.15, 0.2) is 11.8 Å². The summed E-state index contributed by atoms with van der Waals surface area (Å²) < 4.78 is 27.4. The van der Waals surface area contributed by atoms with Gasteiger partial charge in [-0.2, -0.15) is 0 Å². The molecule has 9 atom stereocenters. The molecule has 0 heterocycles. The number of hydrogen-bond acceptors (Lipinski definition) is 6. The topological polar surface area (TPSA) is 89.9 Å². The first-order valence-electron chi connectivity index (χ1n) is 14.3. The average molecular weight is 586 g/mol. The molecule has 0 bridgehead atoms. The third kappa shape index (κ3) is 4.07. The zero-order valence-electron chi connectivity index (χ0n) is 22.9. The number of allylic oxidation sites excluding steroid dienone is 4. The Bertz CT molecular complexity index is 1100. The monoisotopic (exact) mass is 584 g/mol. The first-order chi connectivity index (χ1) is 18.3. The molecule has 0 radical (unpaired) electrons. The molecule has 0 aromatic carbocycles. The number of rotatable bonds is 5. The third-order valence-electron chi connectivity index (χ3n) is 11.1. The predicted molar refractivity (Wildman–Crippen MR) is 145 cm³/mol. The van der Waals surface area contributed by atoms with Crippen LogP contribution < -0.4 is 0 Å². The second-order valence-corrected chi connectivity index (χ2v) is 13.8. The third-order valence-corrected chi connectivity index (χ3v) is 12.1. The number of halogens is 3. The Kier molecular flexibility index (Phi) is 7.55. The predicted octanol–water partition coefficient (Wildman–Crippen LogP) is 5.81. The molecule has 9 heteroatoms. The van der Waals surface area contributed by atoms with Crippen molar-refractivity contribution in [2.24, 2.45) is 34.5 Å². The van der Waals surface area contributed by atoms with E-state index in [1.165, 1.54) is 12.2 Å². The lowest BCUT2D eigenvalue weighted by molar-refractivity contribution is -0.216. The number of alkyl halides is 3. The van der Waals surface area contributed by atoms with Crippen LogP contribution in [0.1, 0.15) is 78.6 Å². The molecule has 0 spiro atoms. The zero-order chi connectivity index (χ0) is 28.4. The summed E-state index contributed by atoms with van der Waals surface area (Å²) >= 11 is 13.3. The second kappa shape index (κ2) is 10.1. The first kappa shape index (κ1) is 29.1. The van der Waals surface area contributed by atoms with E-state index in [2.05, 4.69) is 0 Å². The maximum atomic E-state index is 15.8. The van der Waals surface area contributed by atoms with Crippen molar-refractivity contribution in [3.05, 3.63) is 23.8 Å². The normalized spacial score (nSPS) is 45.6. The molecule has 5 aliphatic rings. The van der Waals surface area contributed by atoms with Gasteiger partial charge in [0.05, 0.1) is 11.0 Å². The lowest BCUT2D eigenvalue weighted by Crippen LogP contribution is -2.70. The van der Waals surface area contributed by atoms with Crippen LogP contribution in [0.2, 0.25) is 0 Å². The highest BCUT2D eigenvalue weighted by molar-refractivity contribution is 6.26. The number of esters is 2. The van der Waals surface area contributed by atoms with E-state index in [1.807, 2.05) is 13.8 Å². The number of ether oxygens (including phenoxy) is 2. The van der Waals surface area contributed by atoms with Crippen molar-refractivity contribution in [1.29, 1.82) is 0 Å². The highest BCUT2D eigenvalue weighted by atomic mass is 35.5. The van der Waals surface area contributed by atoms with Gasteiger partial charge in [0.25, 0.3) is 0 Å². The Morgan fingerprint density at radius 1 is 1.15 bits per heavy atom. The van der Waals surface area contributed by atoms with Crippen LogP contribution in [-0.4, -0.2) is 51.6 Å². The highest BCUT2D eigenvalue weighted by Gasteiger charge is 2.78. The fourth-order valence-electron chi connectivity index (χ4n) is 9.22. The smallest absolute Gasteiger partial charge is 0.352 e. The molecule has 0 aliphatic heterocycles. The largest absolute Gasteiger partial charge is 0.446 e. The van der Waals surface area contributed by atoms with E-state index < -0.39 is 63.4 Å². The van der Waals surface area contributed by atoms with Gasteiger partial charge in [0.2, 0.25) is 5.60 Å². The Labute approximate surface area is 239 Å². The fraction of sp³-hybridized carbons (Fsp3) is 0.767. The molecule has 0 aromatic rings. The minimum Gasteiger partial charge on any atom is -0.446 e. The van der Waals surface area contributed by atoms with Crippen LogP contribution in [0.3, 0.4) is 0 Å². The van der Waals surface area contributed by atoms with Gasteiger partial charge in [-0.1, -0.05) is 57.7 Å². The minimum atomic E-state index is -1.70. The van der Waals surface area contributed by atoms with Crippen molar-refractivity contribution in [3.63, 3.8) is 0 Å². The molecule has 6 nitrogen and oxygen atoms in total. The van der Waals surface area contributed by atoms with E-state index in [-0.39, 0.29) is 42.5 Å². The second-order valence-electron chi connectivity index (χ2n) is 13.0. The number of carbonyl (C=O) groups is 3. The van der Waals surface area contributed by atoms with Crippen molar-refractivity contribution < 1.29 is 33.4 Å². The van der Waals surface area contributed by atoms with E-state index in [9.17, 15) is 19.5 Å². The van der Waals surface area contributed by atoms with Gasteiger partial charge >= 0.3 is 11.9 Å². The lowest BCUT2D eigenvalue weighted by Gasteiger charge is -2.64. The van der Waals surface area contributed by atoms with Gasteiger partial charge in [-0.05, 0) is 67.6 Å². The molecule has 5 rings (SSSR count). The van der Waals surface area contributed by atoms with Gasteiger partial charge in [-0.25, -0.2) is 9.18 Å². The van der Waals surface area contributed by atoms with Gasteiger partial charge in [0, 0.05) is 23.2 Å². The van der Waals surface area contributed by atoms with Crippen LogP contribution in [-0.2, 0) is 23.9 Å². The molecule has 0 saturated heterocycles. The van der Waals surface area contributed by atoms with Gasteiger partial charge < -0.3 is 14.6 Å². The highest BCUT2D eigenvalue weighted by Crippen LogP contribution is 2.72. The van der Waals surface area contributed by atoms with Crippen LogP contribution >= 0.6 is 23.2 Å². The Morgan fingerprint density at radius 3 is 2.51 bits per heavy atom. The van der Waals surface area contributed by atoms with Crippen LogP contribution in [0.25, 0.3) is 0 Å². The standard InChI is InChI=1S/C30H39Cl2FO6/c1-17-11-20-21-14-23(33)22-13-19(34)9-10-27(22,2)29(21,32)24(35)15-28(20,3)30(17,26(37)38-16-31)39-25(36)12-18-7-5-4-6-8-18/h9-10,13,17-18,20-21,23-24,35H,4-8,11-12,14-16H2,1-3H3/t17-,20+,21+,23+,24+,27+,28+,29+,30+/m1/s1. The van der Waals surface area contributed by atoms with E-state index in [4.69, 9.17) is 32.7 Å². The van der Waals surface area contributed by atoms with Crippen LogP contribution in [0.4, 0.5) is 4.39 Å². The number of carbonyl (C=O) groups excluding carboxylic acids is 3. The summed E-state index contributed by atoms with van der Waals surface area (Å²) in [5.41, 5.74) is -3.60. The summed E-state index contributed by atoms with van der Waals surface area (Å²) in [5.74, 6) is -2.69. The summed E-state index contributed by atoms with van der Waals surface area (Å²) in [5, 5.41) is 11.8. The molecule has 1 N–H and O–H groups in total. The first-order valence-corrected chi connectivity index (χ1v) is 15.2. The SMILES string of the molecule is C[C@@H]1C[C@H]2[C@@H]3C[C@H](F)C4=CC(=O)C=C[C@]4(C)[C@@]3(Cl)[C@@H](O)C[C@]2(C)[C@@]1(OC(=O)CC1CCCCC1)C(=O)OCCl. The van der Waals surface area contributed by atoms with Crippen LogP contribution in [0, 0.1) is 34.5 Å². The van der Waals surface area contributed by atoms with Gasteiger partial charge in [0.1, 0.15) is 6.17 Å². The van der Waals surface area contributed by atoms with Crippen molar-refractivity contribution in [1.82, 2.24) is 0 Å². The minimum absolute atomic E-state index is 0.00721. The Balaban J connectivity index is 1.55. The fourth-order valence-corrected chi connectivity index (χ4v) is 9.81. The summed E-state index contributed by atoms with van der Waals surface area (Å²) in [6.45, 7) is 5.46. The van der Waals surface area contributed by atoms with E-state index in [1.54, 1.807) is 13.0 Å². The summed E-state index contributed by atoms with van der Waals surface area (Å²) in [7, 11) is 0. The molecule has 0 aromatic heterocycles. The van der Waals surface area contributed by atoms with Gasteiger partial charge in [-0.3, -0.25) is 9.59 Å². The van der Waals surface area contributed by atoms with Crippen molar-refractivity contribution in [2.45, 2.75) is 101 Å². The number of ketones is 1. The Morgan fingerprint density at radius 2 is 1.85 bits per heavy atom. The molecule has 39 heavy (non-hydrogen) atoms. The molecule has 0 amide bonds. The zero-order valence-corrected chi connectivity index (χ0v) is 24.4. The van der Waals surface area contributed by atoms with Crippen molar-refractivity contribution in [2.75, 3.05) is 6.07 Å². The number of hydrogen-bond donors (Lipinski definition) is 1. The molecule has 216 valence electrons. The summed E-state index contributed by atoms with van der Waals surface area (Å²) in [6.07, 6.45) is 7.55. The lowest BCUT2D eigenvalue weighted by atomic mass is 9.45. The van der Waals surface area contributed by atoms with E-state index >= 15 is 4.39 Å². The maximum Gasteiger partial charge on any atom is 0.352 e. The van der Waals surface area contributed by atoms with E-state index in [0.29, 0.717) is 6.42 Å². The number of aliphatic hydroxyl groups is 1. The molecule has 5 aliphatic carbocycles. The Hall–Kier alpha value is -1.44. The number of aliphatic hydroxyl groups excluding tert-OH is 1. The quantitative estimate of drug-likeness (QED) is 0.324. The van der Waals surface area contributed by atoms with Gasteiger partial charge in [-0.15, -0.1) is 11.6 Å². The van der Waals surface area contributed by atoms with Crippen molar-refractivity contribution >= 4 is 40.9 Å². The average Bonchev–Trinajstić information content (AvgIpc) is 3.10. The summed E-state index contributed by atoms with van der Waals surface area (Å²) in [4.78, 5) is 38.0. The molecule has 4 saturated carbocycles. The molecular weight excluding hydrogens is 546 g/mol. The maximum absolute atomic E-state index is 15.8. The van der Waals surface area contributed by atoms with Crippen molar-refractivity contribution in [3.8, 4) is 0 Å². The molecule has 4 fully saturated rings. The van der Waals surface area contributed by atoms with Crippen LogP contribution in [0.5, 0.6) is 0 Å².